The van der Waals surface area contributed by atoms with Gasteiger partial charge in [-0.3, -0.25) is 9.59 Å². The lowest BCUT2D eigenvalue weighted by Gasteiger charge is -2.58. The third kappa shape index (κ3) is 4.53. The molecule has 10 heteroatoms. The Kier molecular flexibility index (Phi) is 6.15. The van der Waals surface area contributed by atoms with Crippen molar-refractivity contribution >= 4 is 17.9 Å². The Morgan fingerprint density at radius 2 is 1.37 bits per heavy atom. The molecule has 212 valence electrons. The first-order chi connectivity index (χ1) is 17.8. The highest BCUT2D eigenvalue weighted by molar-refractivity contribution is 5.79. The summed E-state index contributed by atoms with van der Waals surface area (Å²) in [5.41, 5.74) is -2.24. The Labute approximate surface area is 220 Å². The van der Waals surface area contributed by atoms with E-state index in [0.717, 1.165) is 32.1 Å². The number of aliphatic hydroxyl groups excluding tert-OH is 1. The Hall–Kier alpha value is -1.81. The van der Waals surface area contributed by atoms with E-state index in [1.165, 1.54) is 0 Å². The van der Waals surface area contributed by atoms with Gasteiger partial charge in [0.05, 0.1) is 16.4 Å². The number of alkyl halides is 2. The van der Waals surface area contributed by atoms with Gasteiger partial charge in [-0.1, -0.05) is 0 Å². The van der Waals surface area contributed by atoms with Crippen LogP contribution in [0, 0.1) is 40.4 Å². The van der Waals surface area contributed by atoms with Crippen molar-refractivity contribution in [3.05, 3.63) is 0 Å². The molecule has 0 aromatic carbocycles. The number of carbonyl (C=O) groups excluding carboxylic acids is 3. The van der Waals surface area contributed by atoms with Crippen molar-refractivity contribution < 1.29 is 47.6 Å². The zero-order valence-electron chi connectivity index (χ0n) is 21.8. The molecular formula is C28H38F2O8. The molecule has 38 heavy (non-hydrogen) atoms. The van der Waals surface area contributed by atoms with Crippen LogP contribution >= 0.6 is 0 Å². The van der Waals surface area contributed by atoms with E-state index in [4.69, 9.17) is 14.2 Å². The minimum Gasteiger partial charge on any atom is -0.462 e. The number of hydrogen-bond acceptors (Lipinski definition) is 8. The zero-order chi connectivity index (χ0) is 27.1. The van der Waals surface area contributed by atoms with Gasteiger partial charge in [0, 0.05) is 6.92 Å². The van der Waals surface area contributed by atoms with E-state index in [1.807, 2.05) is 0 Å². The summed E-state index contributed by atoms with van der Waals surface area (Å²) in [5.74, 6) is -5.30. The van der Waals surface area contributed by atoms with Crippen molar-refractivity contribution in [3.8, 4) is 0 Å². The van der Waals surface area contributed by atoms with Crippen LogP contribution in [0.25, 0.3) is 0 Å². The van der Waals surface area contributed by atoms with E-state index in [9.17, 15) is 33.4 Å². The van der Waals surface area contributed by atoms with Crippen molar-refractivity contribution in [1.29, 1.82) is 0 Å². The van der Waals surface area contributed by atoms with Crippen molar-refractivity contribution in [2.24, 2.45) is 40.4 Å². The molecule has 0 saturated heterocycles. The minimum atomic E-state index is -3.56. The highest BCUT2D eigenvalue weighted by Gasteiger charge is 2.62. The van der Waals surface area contributed by atoms with Gasteiger partial charge in [0.15, 0.2) is 0 Å². The first-order valence-electron chi connectivity index (χ1n) is 14.1. The molecule has 0 aromatic rings. The summed E-state index contributed by atoms with van der Waals surface area (Å²) in [6.07, 6.45) is 5.52. The van der Waals surface area contributed by atoms with Crippen LogP contribution in [0.2, 0.25) is 0 Å². The number of ether oxygens (including phenoxy) is 3. The predicted molar refractivity (Wildman–Crippen MR) is 126 cm³/mol. The van der Waals surface area contributed by atoms with Gasteiger partial charge in [0.1, 0.15) is 25.4 Å². The lowest BCUT2D eigenvalue weighted by Crippen LogP contribution is -2.58. The average molecular weight is 541 g/mol. The Bertz CT molecular complexity index is 977. The summed E-state index contributed by atoms with van der Waals surface area (Å²) in [6.45, 7) is -0.0681. The summed E-state index contributed by atoms with van der Waals surface area (Å²) >= 11 is 0. The number of carbonyl (C=O) groups is 3. The standard InChI is InChI=1S/C28H38F2O8/c1-25(29,30)22(32)38-21-18-3-15-4-19(21)11-26(5-15,10-18)23(33)36-12-20(31)13-37-24(34)27-6-16-2-17(7-27)9-28(35,8-16)14-27/h15-21,31,35H,2-14H2,1H3. The molecule has 8 nitrogen and oxygen atoms in total. The van der Waals surface area contributed by atoms with Crippen molar-refractivity contribution in [2.45, 2.75) is 101 Å². The highest BCUT2D eigenvalue weighted by atomic mass is 19.3. The second kappa shape index (κ2) is 8.85. The summed E-state index contributed by atoms with van der Waals surface area (Å²) in [4.78, 5) is 38.1. The molecule has 0 heterocycles. The van der Waals surface area contributed by atoms with Crippen LogP contribution in [-0.2, 0) is 28.6 Å². The van der Waals surface area contributed by atoms with Crippen LogP contribution in [0.4, 0.5) is 8.78 Å². The van der Waals surface area contributed by atoms with Crippen LogP contribution < -0.4 is 0 Å². The lowest BCUT2D eigenvalue weighted by atomic mass is 9.48. The fourth-order valence-electron chi connectivity index (χ4n) is 9.80. The Balaban J connectivity index is 1.01. The molecule has 8 saturated carbocycles. The van der Waals surface area contributed by atoms with Gasteiger partial charge in [0.25, 0.3) is 0 Å². The summed E-state index contributed by atoms with van der Waals surface area (Å²) in [7, 11) is 0. The van der Waals surface area contributed by atoms with E-state index < -0.39 is 46.5 Å². The van der Waals surface area contributed by atoms with Gasteiger partial charge >= 0.3 is 23.8 Å². The molecule has 8 rings (SSSR count). The fourth-order valence-corrected chi connectivity index (χ4v) is 9.80. The topological polar surface area (TPSA) is 119 Å². The maximum atomic E-state index is 13.4. The molecule has 8 aliphatic rings. The van der Waals surface area contributed by atoms with Gasteiger partial charge in [0.2, 0.25) is 0 Å². The minimum absolute atomic E-state index is 0.166. The molecule has 0 radical (unpaired) electrons. The quantitative estimate of drug-likeness (QED) is 0.356. The van der Waals surface area contributed by atoms with Gasteiger partial charge in [-0.15, -0.1) is 0 Å². The monoisotopic (exact) mass is 540 g/mol. The van der Waals surface area contributed by atoms with Crippen LogP contribution in [0.3, 0.4) is 0 Å². The molecule has 0 spiro atoms. The molecule has 8 bridgehead atoms. The summed E-state index contributed by atoms with van der Waals surface area (Å²) in [5, 5.41) is 21.3. The predicted octanol–water partition coefficient (Wildman–Crippen LogP) is 3.16. The van der Waals surface area contributed by atoms with Crippen LogP contribution in [0.15, 0.2) is 0 Å². The van der Waals surface area contributed by atoms with Gasteiger partial charge in [-0.2, -0.15) is 8.78 Å². The molecule has 5 atom stereocenters. The van der Waals surface area contributed by atoms with Crippen molar-refractivity contribution in [2.75, 3.05) is 13.2 Å². The maximum absolute atomic E-state index is 13.4. The van der Waals surface area contributed by atoms with E-state index in [2.05, 4.69) is 0 Å². The fraction of sp³-hybridized carbons (Fsp3) is 0.893. The van der Waals surface area contributed by atoms with Crippen molar-refractivity contribution in [3.63, 3.8) is 0 Å². The van der Waals surface area contributed by atoms with Gasteiger partial charge in [-0.25, -0.2) is 4.79 Å². The number of halogens is 2. The molecule has 0 aromatic heterocycles. The summed E-state index contributed by atoms with van der Waals surface area (Å²) in [6, 6.07) is 0. The van der Waals surface area contributed by atoms with Gasteiger partial charge in [-0.05, 0) is 100 Å². The maximum Gasteiger partial charge on any atom is 0.376 e. The molecule has 8 fully saturated rings. The number of esters is 3. The molecular weight excluding hydrogens is 502 g/mol. The average Bonchev–Trinajstić information content (AvgIpc) is 2.80. The Morgan fingerprint density at radius 3 is 1.89 bits per heavy atom. The van der Waals surface area contributed by atoms with E-state index >= 15 is 0 Å². The number of hydrogen-bond donors (Lipinski definition) is 2. The lowest BCUT2D eigenvalue weighted by molar-refractivity contribution is -0.208. The SMILES string of the molecule is CC(F)(F)C(=O)OC1C2CC3CC1CC(C(=O)OCC(O)COC(=O)C14CC5CC(CC(O)(C5)C1)C4)(C3)C2. The molecule has 2 N–H and O–H groups in total. The highest BCUT2D eigenvalue weighted by Crippen LogP contribution is 2.63. The number of rotatable bonds is 8. The number of aliphatic hydroxyl groups is 2. The zero-order valence-corrected chi connectivity index (χ0v) is 21.8. The molecule has 8 aliphatic carbocycles. The van der Waals surface area contributed by atoms with E-state index in [-0.39, 0.29) is 36.9 Å². The normalized spacial score (nSPS) is 45.1. The van der Waals surface area contributed by atoms with E-state index in [0.29, 0.717) is 57.3 Å². The smallest absolute Gasteiger partial charge is 0.376 e. The van der Waals surface area contributed by atoms with Crippen LogP contribution in [0.1, 0.15) is 77.6 Å². The molecule has 5 unspecified atom stereocenters. The Morgan fingerprint density at radius 1 is 0.842 bits per heavy atom. The largest absolute Gasteiger partial charge is 0.462 e. The van der Waals surface area contributed by atoms with Crippen LogP contribution in [-0.4, -0.2) is 65.1 Å². The van der Waals surface area contributed by atoms with Gasteiger partial charge < -0.3 is 24.4 Å². The molecule has 0 aliphatic heterocycles. The second-order valence-corrected chi connectivity index (χ2v) is 13.8. The summed E-state index contributed by atoms with van der Waals surface area (Å²) < 4.78 is 43.0. The third-order valence-corrected chi connectivity index (χ3v) is 10.5. The first-order valence-corrected chi connectivity index (χ1v) is 14.1. The van der Waals surface area contributed by atoms with Crippen molar-refractivity contribution in [1.82, 2.24) is 0 Å². The first kappa shape index (κ1) is 26.4. The third-order valence-electron chi connectivity index (χ3n) is 10.5. The van der Waals surface area contributed by atoms with E-state index in [1.54, 1.807) is 0 Å². The van der Waals surface area contributed by atoms with Crippen LogP contribution in [0.5, 0.6) is 0 Å². The second-order valence-electron chi connectivity index (χ2n) is 13.8. The molecule has 0 amide bonds.